The minimum Gasteiger partial charge on any atom is -0.382 e. The van der Waals surface area contributed by atoms with Crippen molar-refractivity contribution >= 4 is 7.82 Å². The standard InChI is InChI=1S/C9H19O7P/c1-6-8(13-3)9(7(15-6)5-12-2)16-17(10,11)14-4/h6-9H,5H2,1-4H3,(H,10,11)/t6-,7+,8+,9?/m0/s1. The van der Waals surface area contributed by atoms with E-state index < -0.39 is 26.1 Å². The topological polar surface area (TPSA) is 83.5 Å². The number of methoxy groups -OCH3 is 2. The van der Waals surface area contributed by atoms with Crippen LogP contribution in [0.4, 0.5) is 0 Å². The number of hydrogen-bond acceptors (Lipinski definition) is 6. The van der Waals surface area contributed by atoms with Crippen molar-refractivity contribution in [3.05, 3.63) is 0 Å². The molecule has 1 saturated heterocycles. The van der Waals surface area contributed by atoms with Crippen molar-refractivity contribution in [2.24, 2.45) is 0 Å². The van der Waals surface area contributed by atoms with Gasteiger partial charge in [0.2, 0.25) is 0 Å². The molecule has 0 aliphatic carbocycles. The van der Waals surface area contributed by atoms with Crippen LogP contribution >= 0.6 is 7.82 Å². The third-order valence-electron chi connectivity index (χ3n) is 2.63. The van der Waals surface area contributed by atoms with Gasteiger partial charge in [0.25, 0.3) is 0 Å². The van der Waals surface area contributed by atoms with Crippen LogP contribution in [0.1, 0.15) is 6.92 Å². The van der Waals surface area contributed by atoms with Crippen LogP contribution in [0.3, 0.4) is 0 Å². The first-order valence-corrected chi connectivity index (χ1v) is 6.68. The molecule has 1 rings (SSSR count). The Labute approximate surface area is 101 Å². The number of ether oxygens (including phenoxy) is 3. The lowest BCUT2D eigenvalue weighted by atomic mass is 10.1. The van der Waals surface area contributed by atoms with Crippen molar-refractivity contribution < 1.29 is 32.7 Å². The van der Waals surface area contributed by atoms with Gasteiger partial charge in [-0.25, -0.2) is 4.57 Å². The average Bonchev–Trinajstić information content (AvgIpc) is 2.55. The van der Waals surface area contributed by atoms with Crippen molar-refractivity contribution in [3.63, 3.8) is 0 Å². The molecule has 1 N–H and O–H groups in total. The minimum atomic E-state index is -4.08. The van der Waals surface area contributed by atoms with Gasteiger partial charge in [-0.1, -0.05) is 0 Å². The molecule has 0 aromatic carbocycles. The monoisotopic (exact) mass is 270 g/mol. The molecule has 102 valence electrons. The number of phosphoric acid groups is 1. The lowest BCUT2D eigenvalue weighted by molar-refractivity contribution is -0.0297. The van der Waals surface area contributed by atoms with E-state index in [1.54, 1.807) is 6.92 Å². The van der Waals surface area contributed by atoms with E-state index in [9.17, 15) is 9.46 Å². The predicted molar refractivity (Wildman–Crippen MR) is 58.7 cm³/mol. The highest BCUT2D eigenvalue weighted by Gasteiger charge is 2.46. The summed E-state index contributed by atoms with van der Waals surface area (Å²) in [7, 11) is 0.0333. The molecule has 0 aromatic rings. The SMILES string of the molecule is COC[C@H]1O[C@@H](C)[C@@H](OC)C1OP(=O)(O)OC. The summed E-state index contributed by atoms with van der Waals surface area (Å²) in [6, 6.07) is 0. The van der Waals surface area contributed by atoms with Gasteiger partial charge < -0.3 is 19.1 Å². The van der Waals surface area contributed by atoms with Crippen molar-refractivity contribution in [2.45, 2.75) is 31.3 Å². The van der Waals surface area contributed by atoms with Crippen LogP contribution in [0.2, 0.25) is 0 Å². The Morgan fingerprint density at radius 3 is 2.41 bits per heavy atom. The van der Waals surface area contributed by atoms with Crippen LogP contribution in [0.5, 0.6) is 0 Å². The maximum Gasteiger partial charge on any atom is 0.472 e. The lowest BCUT2D eigenvalue weighted by Gasteiger charge is -2.23. The maximum atomic E-state index is 11.4. The summed E-state index contributed by atoms with van der Waals surface area (Å²) in [6.45, 7) is 2.05. The Hall–Kier alpha value is -0.0100. The number of phosphoric ester groups is 1. The van der Waals surface area contributed by atoms with Crippen LogP contribution in [0, 0.1) is 0 Å². The van der Waals surface area contributed by atoms with Gasteiger partial charge in [-0.2, -0.15) is 0 Å². The first kappa shape index (κ1) is 15.0. The Morgan fingerprint density at radius 1 is 1.29 bits per heavy atom. The first-order chi connectivity index (χ1) is 7.95. The summed E-state index contributed by atoms with van der Waals surface area (Å²) >= 11 is 0. The van der Waals surface area contributed by atoms with Gasteiger partial charge in [0, 0.05) is 21.3 Å². The molecule has 0 saturated carbocycles. The Kier molecular flexibility index (Phi) is 5.53. The van der Waals surface area contributed by atoms with Crippen LogP contribution in [-0.2, 0) is 27.8 Å². The van der Waals surface area contributed by atoms with E-state index in [-0.39, 0.29) is 12.7 Å². The number of hydrogen-bond donors (Lipinski definition) is 1. The summed E-state index contributed by atoms with van der Waals surface area (Å²) < 4.78 is 36.6. The van der Waals surface area contributed by atoms with Gasteiger partial charge in [-0.05, 0) is 6.92 Å². The fourth-order valence-corrected chi connectivity index (χ4v) is 2.51. The van der Waals surface area contributed by atoms with E-state index in [4.69, 9.17) is 18.7 Å². The van der Waals surface area contributed by atoms with Gasteiger partial charge >= 0.3 is 7.82 Å². The fourth-order valence-electron chi connectivity index (χ4n) is 1.86. The first-order valence-electron chi connectivity index (χ1n) is 5.19. The van der Waals surface area contributed by atoms with Crippen LogP contribution < -0.4 is 0 Å². The zero-order valence-electron chi connectivity index (χ0n) is 10.4. The molecule has 1 aliphatic heterocycles. The van der Waals surface area contributed by atoms with E-state index in [0.717, 1.165) is 7.11 Å². The normalized spacial score (nSPS) is 37.0. The second kappa shape index (κ2) is 6.24. The van der Waals surface area contributed by atoms with E-state index in [2.05, 4.69) is 4.52 Å². The molecule has 1 fully saturated rings. The highest BCUT2D eigenvalue weighted by atomic mass is 31.2. The highest BCUT2D eigenvalue weighted by molar-refractivity contribution is 7.47. The van der Waals surface area contributed by atoms with Gasteiger partial charge in [0.15, 0.2) is 0 Å². The molecule has 17 heavy (non-hydrogen) atoms. The van der Waals surface area contributed by atoms with E-state index in [1.165, 1.54) is 14.2 Å². The third-order valence-corrected chi connectivity index (χ3v) is 3.60. The van der Waals surface area contributed by atoms with Crippen LogP contribution in [-0.4, -0.2) is 57.2 Å². The second-order valence-corrected chi connectivity index (χ2v) is 5.27. The molecule has 2 unspecified atom stereocenters. The van der Waals surface area contributed by atoms with Crippen molar-refractivity contribution in [3.8, 4) is 0 Å². The smallest absolute Gasteiger partial charge is 0.382 e. The molecule has 0 amide bonds. The fraction of sp³-hybridized carbons (Fsp3) is 1.00. The zero-order valence-corrected chi connectivity index (χ0v) is 11.3. The Bertz CT molecular complexity index is 285. The minimum absolute atomic E-state index is 0.248. The molecule has 5 atom stereocenters. The number of rotatable bonds is 6. The third kappa shape index (κ3) is 3.72. The molecule has 0 aromatic heterocycles. The summed E-state index contributed by atoms with van der Waals surface area (Å²) in [4.78, 5) is 9.33. The molecule has 0 bridgehead atoms. The molecule has 8 heteroatoms. The molecule has 0 spiro atoms. The van der Waals surface area contributed by atoms with Crippen LogP contribution in [0.25, 0.3) is 0 Å². The molecule has 1 heterocycles. The molecule has 0 radical (unpaired) electrons. The predicted octanol–water partition coefficient (Wildman–Crippen LogP) is 0.567. The second-order valence-electron chi connectivity index (χ2n) is 3.76. The van der Waals surface area contributed by atoms with Crippen LogP contribution in [0.15, 0.2) is 0 Å². The van der Waals surface area contributed by atoms with E-state index in [1.807, 2.05) is 0 Å². The van der Waals surface area contributed by atoms with E-state index >= 15 is 0 Å². The lowest BCUT2D eigenvalue weighted by Crippen LogP contribution is -2.37. The summed E-state index contributed by atoms with van der Waals surface area (Å²) in [5.41, 5.74) is 0. The quantitative estimate of drug-likeness (QED) is 0.706. The van der Waals surface area contributed by atoms with Crippen molar-refractivity contribution in [1.82, 2.24) is 0 Å². The molecule has 7 nitrogen and oxygen atoms in total. The van der Waals surface area contributed by atoms with Gasteiger partial charge in [0.1, 0.15) is 18.3 Å². The zero-order chi connectivity index (χ0) is 13.1. The van der Waals surface area contributed by atoms with Gasteiger partial charge in [0.05, 0.1) is 12.7 Å². The summed E-state index contributed by atoms with van der Waals surface area (Å²) in [5, 5.41) is 0. The van der Waals surface area contributed by atoms with Gasteiger partial charge in [-0.15, -0.1) is 0 Å². The summed E-state index contributed by atoms with van der Waals surface area (Å²) in [5.74, 6) is 0. The average molecular weight is 270 g/mol. The molecular weight excluding hydrogens is 251 g/mol. The Morgan fingerprint density at radius 2 is 1.94 bits per heavy atom. The van der Waals surface area contributed by atoms with E-state index in [0.29, 0.717) is 0 Å². The maximum absolute atomic E-state index is 11.4. The van der Waals surface area contributed by atoms with Crippen molar-refractivity contribution in [2.75, 3.05) is 27.9 Å². The highest BCUT2D eigenvalue weighted by Crippen LogP contribution is 2.46. The van der Waals surface area contributed by atoms with Gasteiger partial charge in [-0.3, -0.25) is 9.05 Å². The molecule has 1 aliphatic rings. The Balaban J connectivity index is 2.77. The molecular formula is C9H19O7P. The van der Waals surface area contributed by atoms with Crippen molar-refractivity contribution in [1.29, 1.82) is 0 Å². The largest absolute Gasteiger partial charge is 0.472 e. The summed E-state index contributed by atoms with van der Waals surface area (Å²) in [6.07, 6.45) is -1.85.